The predicted molar refractivity (Wildman–Crippen MR) is 273 cm³/mol. The Hall–Kier alpha value is -6.67. The third-order valence-electron chi connectivity index (χ3n) is 13.8. The highest BCUT2D eigenvalue weighted by atomic mass is 19.1. The molecule has 0 bridgehead atoms. The van der Waals surface area contributed by atoms with Crippen molar-refractivity contribution in [2.24, 2.45) is 22.9 Å². The molecule has 1 aliphatic heterocycles. The van der Waals surface area contributed by atoms with Gasteiger partial charge in [-0.2, -0.15) is 0 Å². The number of non-ortho nitro benzene ring substituents is 1. The van der Waals surface area contributed by atoms with Gasteiger partial charge < -0.3 is 34.2 Å². The standard InChI is InChI=1S/C58H64FN3O9/c1-5-33-69-58-53(61(37-42-19-14-18-40-15-6-8-20-46(40)42)54(65)30-25-39-23-26-44(27-24-39)62(66)67)36-51(60-71-57(2,3)4)48-34-41(16-10-12-31-63)47(21-11-13-32-64)55(56(48)58)49-35-45(28-29-52(49)70-58)68-38-43-17-7-9-22-50(43)59/h5-9,14-15,17-20,22-30,34-35,41,47,53,55-56,63-64H,1,10-13,16,21,31-33,36-38H2,2-4H3/t41-,47+,53-,55+,56+,58+/m0/s1. The van der Waals surface area contributed by atoms with Crippen molar-refractivity contribution < 1.29 is 43.4 Å². The van der Waals surface area contributed by atoms with E-state index in [2.05, 4.69) is 12.7 Å². The molecule has 0 radical (unpaired) electrons. The topological polar surface area (TPSA) is 153 Å². The van der Waals surface area contributed by atoms with Gasteiger partial charge in [0.25, 0.3) is 5.69 Å². The van der Waals surface area contributed by atoms with E-state index in [9.17, 15) is 24.7 Å². The van der Waals surface area contributed by atoms with Crippen LogP contribution in [0.1, 0.15) is 93.9 Å². The number of amides is 1. The number of benzene rings is 5. The molecule has 8 rings (SSSR count). The summed E-state index contributed by atoms with van der Waals surface area (Å²) in [5.41, 5.74) is 3.57. The number of hydrogen-bond donors (Lipinski definition) is 2. The van der Waals surface area contributed by atoms with E-state index >= 15 is 4.79 Å². The number of nitrogens with zero attached hydrogens (tertiary/aromatic N) is 3. The second kappa shape index (κ2) is 22.6. The van der Waals surface area contributed by atoms with Gasteiger partial charge in [0.2, 0.25) is 11.7 Å². The van der Waals surface area contributed by atoms with E-state index in [0.717, 1.165) is 53.2 Å². The minimum atomic E-state index is -1.55. The van der Waals surface area contributed by atoms with Crippen molar-refractivity contribution in [1.29, 1.82) is 0 Å². The summed E-state index contributed by atoms with van der Waals surface area (Å²) in [4.78, 5) is 34.7. The smallest absolute Gasteiger partial charge is 0.269 e. The molecule has 0 aromatic heterocycles. The lowest BCUT2D eigenvalue weighted by Gasteiger charge is -2.60. The van der Waals surface area contributed by atoms with Crippen LogP contribution >= 0.6 is 0 Å². The fraction of sp³-hybridized carbons (Fsp3) is 0.379. The van der Waals surface area contributed by atoms with Crippen LogP contribution in [0.3, 0.4) is 0 Å². The number of fused-ring (bicyclic) bond motifs is 3. The van der Waals surface area contributed by atoms with Crippen molar-refractivity contribution in [2.75, 3.05) is 19.8 Å². The molecule has 1 heterocycles. The molecule has 372 valence electrons. The van der Waals surface area contributed by atoms with Gasteiger partial charge >= 0.3 is 0 Å². The summed E-state index contributed by atoms with van der Waals surface area (Å²) < 4.78 is 36.0. The number of oxime groups is 1. The molecule has 13 heteroatoms. The Balaban J connectivity index is 1.35. The lowest BCUT2D eigenvalue weighted by atomic mass is 9.55. The molecule has 3 aliphatic rings. The number of aliphatic hydroxyl groups excluding tert-OH is 2. The fourth-order valence-corrected chi connectivity index (χ4v) is 10.6. The van der Waals surface area contributed by atoms with Gasteiger partial charge in [-0.3, -0.25) is 14.9 Å². The first-order valence-electron chi connectivity index (χ1n) is 24.7. The molecule has 71 heavy (non-hydrogen) atoms. The van der Waals surface area contributed by atoms with E-state index in [4.69, 9.17) is 24.2 Å². The van der Waals surface area contributed by atoms with Gasteiger partial charge in [0.05, 0.1) is 23.2 Å². The second-order valence-electron chi connectivity index (χ2n) is 19.6. The number of allylic oxidation sites excluding steroid dienone is 1. The Labute approximate surface area is 415 Å². The molecule has 2 N–H and O–H groups in total. The highest BCUT2D eigenvalue weighted by Gasteiger charge is 2.65. The maximum Gasteiger partial charge on any atom is 0.269 e. The number of unbranched alkanes of at least 4 members (excludes halogenated alkanes) is 2. The number of nitro benzene ring substituents is 1. The number of carbonyl (C=O) groups excluding carboxylic acids is 1. The molecule has 0 saturated heterocycles. The Morgan fingerprint density at radius 2 is 1.66 bits per heavy atom. The highest BCUT2D eigenvalue weighted by Crippen LogP contribution is 2.62. The predicted octanol–water partition coefficient (Wildman–Crippen LogP) is 11.6. The van der Waals surface area contributed by atoms with Crippen LogP contribution in [0, 0.1) is 33.7 Å². The Morgan fingerprint density at radius 3 is 2.39 bits per heavy atom. The van der Waals surface area contributed by atoms with E-state index in [1.807, 2.05) is 81.4 Å². The summed E-state index contributed by atoms with van der Waals surface area (Å²) in [6, 6.07) is 31.4. The van der Waals surface area contributed by atoms with Crippen LogP contribution in [0.4, 0.5) is 10.1 Å². The molecule has 2 aliphatic carbocycles. The minimum absolute atomic E-state index is 0.00280. The maximum absolute atomic E-state index is 15.5. The van der Waals surface area contributed by atoms with Crippen molar-refractivity contribution in [3.8, 4) is 11.5 Å². The lowest BCUT2D eigenvalue weighted by molar-refractivity contribution is -0.384. The Bertz CT molecular complexity index is 2780. The lowest BCUT2D eigenvalue weighted by Crippen LogP contribution is -2.70. The first kappa shape index (κ1) is 50.7. The first-order chi connectivity index (χ1) is 34.3. The van der Waals surface area contributed by atoms with Crippen LogP contribution in [0.25, 0.3) is 16.8 Å². The van der Waals surface area contributed by atoms with Crippen molar-refractivity contribution >= 4 is 34.2 Å². The van der Waals surface area contributed by atoms with Crippen LogP contribution in [-0.2, 0) is 27.5 Å². The Morgan fingerprint density at radius 1 is 0.944 bits per heavy atom. The second-order valence-corrected chi connectivity index (χ2v) is 19.6. The normalized spacial score (nSPS) is 22.0. The molecule has 1 amide bonds. The SMILES string of the molecule is C=CCO[C@@]12Oc3ccc(OCc4ccccc4F)cc3[C@H]3[C@H](CCCCO)[C@@H](CCCCO)C=C(C(=NOC(C)(C)C)C[C@@H]1N(Cc1cccc4ccccc14)C(=O)C=Cc1ccc([N+](=O)[O-])cc1)[C@H]32. The van der Waals surface area contributed by atoms with Gasteiger partial charge in [0, 0.05) is 61.4 Å². The van der Waals surface area contributed by atoms with E-state index in [1.165, 1.54) is 24.3 Å². The number of rotatable bonds is 21. The average molecular weight is 966 g/mol. The van der Waals surface area contributed by atoms with Crippen LogP contribution in [0.15, 0.2) is 145 Å². The molecule has 0 spiro atoms. The summed E-state index contributed by atoms with van der Waals surface area (Å²) >= 11 is 0. The van der Waals surface area contributed by atoms with Gasteiger partial charge in [0.1, 0.15) is 35.6 Å². The van der Waals surface area contributed by atoms with Gasteiger partial charge in [-0.15, -0.1) is 6.58 Å². The van der Waals surface area contributed by atoms with Crippen molar-refractivity contribution in [2.45, 2.75) is 102 Å². The van der Waals surface area contributed by atoms with Gasteiger partial charge in [0.15, 0.2) is 0 Å². The van der Waals surface area contributed by atoms with E-state index in [1.54, 1.807) is 47.4 Å². The van der Waals surface area contributed by atoms with E-state index in [0.29, 0.717) is 41.2 Å². The molecule has 12 nitrogen and oxygen atoms in total. The number of aliphatic hydroxyl groups is 2. The number of ether oxygens (including phenoxy) is 3. The van der Waals surface area contributed by atoms with Crippen LogP contribution in [0.5, 0.6) is 11.5 Å². The van der Waals surface area contributed by atoms with Crippen molar-refractivity contribution in [1.82, 2.24) is 4.90 Å². The number of hydrogen-bond acceptors (Lipinski definition) is 10. The third kappa shape index (κ3) is 11.4. The molecule has 1 fully saturated rings. The molecule has 1 saturated carbocycles. The van der Waals surface area contributed by atoms with E-state index in [-0.39, 0.29) is 74.6 Å². The Kier molecular flexibility index (Phi) is 16.1. The molecule has 0 unspecified atom stereocenters. The maximum atomic E-state index is 15.5. The zero-order valence-electron chi connectivity index (χ0n) is 40.8. The van der Waals surface area contributed by atoms with Crippen LogP contribution in [0.2, 0.25) is 0 Å². The zero-order chi connectivity index (χ0) is 50.1. The molecule has 5 aromatic carbocycles. The third-order valence-corrected chi connectivity index (χ3v) is 13.8. The minimum Gasteiger partial charge on any atom is -0.489 e. The molecule has 5 aromatic rings. The van der Waals surface area contributed by atoms with Gasteiger partial charge in [-0.05, 0) is 128 Å². The molecule has 6 atom stereocenters. The monoisotopic (exact) mass is 965 g/mol. The number of carbonyl (C=O) groups is 1. The highest BCUT2D eigenvalue weighted by molar-refractivity contribution is 6.03. The summed E-state index contributed by atoms with van der Waals surface area (Å²) in [6.45, 7) is 10.2. The van der Waals surface area contributed by atoms with Crippen LogP contribution < -0.4 is 9.47 Å². The molecular formula is C58H64FN3O9. The average Bonchev–Trinajstić information content (AvgIpc) is 3.36. The number of halogens is 1. The molecular weight excluding hydrogens is 902 g/mol. The number of nitro groups is 1. The van der Waals surface area contributed by atoms with Crippen molar-refractivity contribution in [3.63, 3.8) is 0 Å². The van der Waals surface area contributed by atoms with Crippen LogP contribution in [-0.4, -0.2) is 68.9 Å². The van der Waals surface area contributed by atoms with Crippen molar-refractivity contribution in [3.05, 3.63) is 178 Å². The fourth-order valence-electron chi connectivity index (χ4n) is 10.6. The van der Waals surface area contributed by atoms with Gasteiger partial charge in [-0.1, -0.05) is 90.8 Å². The summed E-state index contributed by atoms with van der Waals surface area (Å²) in [6.07, 6.45) is 11.5. The first-order valence-corrected chi connectivity index (χ1v) is 24.7. The summed E-state index contributed by atoms with van der Waals surface area (Å²) in [7, 11) is 0. The zero-order valence-corrected chi connectivity index (χ0v) is 40.8. The largest absolute Gasteiger partial charge is 0.489 e. The van der Waals surface area contributed by atoms with Gasteiger partial charge in [-0.25, -0.2) is 4.39 Å². The quantitative estimate of drug-likeness (QED) is 0.0240. The summed E-state index contributed by atoms with van der Waals surface area (Å²) in [5.74, 6) is -2.16. The summed E-state index contributed by atoms with van der Waals surface area (Å²) in [5, 5.41) is 38.6. The van der Waals surface area contributed by atoms with E-state index < -0.39 is 28.3 Å².